The van der Waals surface area contributed by atoms with Gasteiger partial charge in [-0.15, -0.1) is 0 Å². The molecule has 0 saturated carbocycles. The molecule has 1 saturated heterocycles. The van der Waals surface area contributed by atoms with Gasteiger partial charge in [-0.05, 0) is 60.4 Å². The highest BCUT2D eigenvalue weighted by Gasteiger charge is 2.44. The van der Waals surface area contributed by atoms with Gasteiger partial charge in [0.15, 0.2) is 0 Å². The number of benzene rings is 3. The Morgan fingerprint density at radius 3 is 2.00 bits per heavy atom. The second-order valence-corrected chi connectivity index (χ2v) is 12.2. The van der Waals surface area contributed by atoms with E-state index in [0.717, 1.165) is 57.3 Å². The van der Waals surface area contributed by atoms with Gasteiger partial charge in [0.25, 0.3) is 0 Å². The monoisotopic (exact) mass is 681 g/mol. The molecule has 1 fully saturated rings. The number of nitrogens with zero attached hydrogens (tertiary/aromatic N) is 2. The van der Waals surface area contributed by atoms with E-state index in [-0.39, 0.29) is 17.2 Å². The number of nitrogens with one attached hydrogen (secondary N) is 3. The van der Waals surface area contributed by atoms with Crippen LogP contribution in [-0.2, 0) is 17.4 Å². The van der Waals surface area contributed by atoms with Crippen molar-refractivity contribution in [3.8, 4) is 17.2 Å². The van der Waals surface area contributed by atoms with Gasteiger partial charge < -0.3 is 15.5 Å². The van der Waals surface area contributed by atoms with Crippen molar-refractivity contribution in [1.29, 1.82) is 5.26 Å². The Morgan fingerprint density at radius 1 is 0.917 bits per heavy atom. The average Bonchev–Trinajstić information content (AvgIpc) is 3.02. The first-order valence-electron chi connectivity index (χ1n) is 15.2. The third kappa shape index (κ3) is 9.90. The molecule has 48 heavy (non-hydrogen) atoms. The lowest BCUT2D eigenvalue weighted by atomic mass is 9.96. The van der Waals surface area contributed by atoms with Gasteiger partial charge in [-0.1, -0.05) is 42.5 Å². The molecule has 1 heterocycles. The number of alkyl halides is 7. The van der Waals surface area contributed by atoms with Crippen molar-refractivity contribution >= 4 is 11.6 Å². The van der Waals surface area contributed by atoms with Crippen LogP contribution in [0.25, 0.3) is 11.1 Å². The van der Waals surface area contributed by atoms with E-state index >= 15 is 0 Å². The van der Waals surface area contributed by atoms with Crippen LogP contribution in [0.15, 0.2) is 66.7 Å². The molecule has 0 radical (unpaired) electrons. The van der Waals surface area contributed by atoms with Crippen LogP contribution in [0.1, 0.15) is 43.0 Å². The van der Waals surface area contributed by atoms with Gasteiger partial charge in [0.05, 0.1) is 17.7 Å². The molecule has 0 aromatic heterocycles. The summed E-state index contributed by atoms with van der Waals surface area (Å²) in [5.41, 5.74) is -1.52. The highest BCUT2D eigenvalue weighted by Crippen LogP contribution is 2.35. The van der Waals surface area contributed by atoms with E-state index in [1.54, 1.807) is 6.07 Å². The van der Waals surface area contributed by atoms with E-state index in [9.17, 15) is 45.2 Å². The maximum atomic E-state index is 14.8. The number of amides is 1. The molecule has 3 N–H and O–H groups in total. The van der Waals surface area contributed by atoms with E-state index < -0.39 is 66.3 Å². The van der Waals surface area contributed by atoms with Gasteiger partial charge in [-0.2, -0.15) is 31.6 Å². The fourth-order valence-corrected chi connectivity index (χ4v) is 5.46. The summed E-state index contributed by atoms with van der Waals surface area (Å²) in [5.74, 6) is -2.45. The number of carbonyl (C=O) groups is 1. The molecule has 0 spiro atoms. The smallest absolute Gasteiger partial charge is 0.369 e. The van der Waals surface area contributed by atoms with E-state index in [1.165, 1.54) is 24.3 Å². The van der Waals surface area contributed by atoms with Crippen molar-refractivity contribution in [2.75, 3.05) is 31.1 Å². The first kappa shape index (κ1) is 36.6. The van der Waals surface area contributed by atoms with Crippen LogP contribution >= 0.6 is 0 Å². The predicted molar refractivity (Wildman–Crippen MR) is 165 cm³/mol. The summed E-state index contributed by atoms with van der Waals surface area (Å²) in [7, 11) is 0. The largest absolute Gasteiger partial charge is 0.416 e. The van der Waals surface area contributed by atoms with Crippen molar-refractivity contribution in [2.45, 2.75) is 62.8 Å². The molecule has 0 unspecified atom stereocenters. The van der Waals surface area contributed by atoms with Crippen LogP contribution in [0.5, 0.6) is 0 Å². The maximum Gasteiger partial charge on any atom is 0.416 e. The minimum Gasteiger partial charge on any atom is -0.369 e. The quantitative estimate of drug-likeness (QED) is 0.193. The molecule has 14 heteroatoms. The van der Waals surface area contributed by atoms with Crippen LogP contribution in [0.4, 0.5) is 40.8 Å². The van der Waals surface area contributed by atoms with Crippen molar-refractivity contribution in [3.63, 3.8) is 0 Å². The number of rotatable bonds is 11. The number of hydrogen-bond acceptors (Lipinski definition) is 5. The number of piperazine rings is 1. The molecule has 1 aliphatic rings. The first-order valence-corrected chi connectivity index (χ1v) is 15.2. The zero-order chi connectivity index (χ0) is 35.3. The first-order chi connectivity index (χ1) is 22.4. The molecule has 0 bridgehead atoms. The van der Waals surface area contributed by atoms with Gasteiger partial charge >= 0.3 is 12.4 Å². The van der Waals surface area contributed by atoms with Gasteiger partial charge in [0.2, 0.25) is 5.91 Å². The SMILES string of the molecule is CC(C)(F)C[C@H](N[C@@H](c1ccc(-c2ccc(N3CCNCC3)cc2)cc1)C(F)(F)F)C(=O)N[C@H](C#N)Cc1ccc(C(F)(F)F)cc1F. The third-order valence-electron chi connectivity index (χ3n) is 7.90. The number of hydrogen-bond donors (Lipinski definition) is 3. The fourth-order valence-electron chi connectivity index (χ4n) is 5.46. The van der Waals surface area contributed by atoms with Crippen LogP contribution in [0.3, 0.4) is 0 Å². The molecular formula is C34H35F8N5O. The highest BCUT2D eigenvalue weighted by molar-refractivity contribution is 5.82. The molecule has 258 valence electrons. The fraction of sp³-hybridized carbons (Fsp3) is 0.412. The Morgan fingerprint density at radius 2 is 1.50 bits per heavy atom. The summed E-state index contributed by atoms with van der Waals surface area (Å²) in [6.07, 6.45) is -11.1. The summed E-state index contributed by atoms with van der Waals surface area (Å²) in [5, 5.41) is 17.2. The van der Waals surface area contributed by atoms with E-state index in [2.05, 4.69) is 20.9 Å². The van der Waals surface area contributed by atoms with Crippen LogP contribution < -0.4 is 20.9 Å². The standard InChI is InChI=1S/C34H35F8N5O/c1-32(2,36)19-29(31(48)45-26(20-43)17-24-7-10-25(18-28(24)35)33(37,38)39)46-30(34(40,41)42)23-5-3-21(4-6-23)22-8-11-27(12-9-22)47-15-13-44-14-16-47/h3-12,18,26,29-30,44,46H,13-17,19H2,1-2H3,(H,45,48)/t26-,29-,30-/m0/s1. The molecule has 6 nitrogen and oxygen atoms in total. The Bertz CT molecular complexity index is 1570. The van der Waals surface area contributed by atoms with Crippen LogP contribution in [0, 0.1) is 17.1 Å². The van der Waals surface area contributed by atoms with E-state index in [4.69, 9.17) is 0 Å². The van der Waals surface area contributed by atoms with Gasteiger partial charge in [-0.25, -0.2) is 8.78 Å². The number of halogens is 8. The topological polar surface area (TPSA) is 80.2 Å². The maximum absolute atomic E-state index is 14.8. The lowest BCUT2D eigenvalue weighted by Gasteiger charge is -2.30. The second-order valence-electron chi connectivity index (χ2n) is 12.2. The zero-order valence-electron chi connectivity index (χ0n) is 26.2. The van der Waals surface area contributed by atoms with Crippen molar-refractivity contribution < 1.29 is 39.9 Å². The molecule has 3 aromatic carbocycles. The summed E-state index contributed by atoms with van der Waals surface area (Å²) >= 11 is 0. The molecule has 3 atom stereocenters. The van der Waals surface area contributed by atoms with Gasteiger partial charge in [0, 0.05) is 44.7 Å². The second kappa shape index (κ2) is 14.9. The molecule has 1 amide bonds. The minimum absolute atomic E-state index is 0.239. The molecule has 4 rings (SSSR count). The van der Waals surface area contributed by atoms with Crippen LogP contribution in [-0.4, -0.2) is 56.0 Å². The molecule has 0 aliphatic carbocycles. The lowest BCUT2D eigenvalue weighted by molar-refractivity contribution is -0.161. The van der Waals surface area contributed by atoms with E-state index in [1.807, 2.05) is 24.3 Å². The molecular weight excluding hydrogens is 646 g/mol. The minimum atomic E-state index is -4.93. The number of anilines is 1. The van der Waals surface area contributed by atoms with Crippen LogP contribution in [0.2, 0.25) is 0 Å². The lowest BCUT2D eigenvalue weighted by Crippen LogP contribution is -2.53. The zero-order valence-corrected chi connectivity index (χ0v) is 26.2. The Labute approximate surface area is 273 Å². The van der Waals surface area contributed by atoms with Crippen molar-refractivity contribution in [2.24, 2.45) is 0 Å². The van der Waals surface area contributed by atoms with Gasteiger partial charge in [-0.3, -0.25) is 10.1 Å². The average molecular weight is 682 g/mol. The van der Waals surface area contributed by atoms with Crippen molar-refractivity contribution in [1.82, 2.24) is 16.0 Å². The Balaban J connectivity index is 1.51. The number of carbonyl (C=O) groups excluding carboxylic acids is 1. The predicted octanol–water partition coefficient (Wildman–Crippen LogP) is 6.87. The summed E-state index contributed by atoms with van der Waals surface area (Å²) in [4.78, 5) is 15.4. The summed E-state index contributed by atoms with van der Waals surface area (Å²) in [6, 6.07) is 10.7. The van der Waals surface area contributed by atoms with Gasteiger partial charge in [0.1, 0.15) is 23.6 Å². The normalized spacial score (nSPS) is 16.1. The highest BCUT2D eigenvalue weighted by atomic mass is 19.4. The Kier molecular flexibility index (Phi) is 11.4. The van der Waals surface area contributed by atoms with Crippen molar-refractivity contribution in [3.05, 3.63) is 89.2 Å². The molecule has 3 aromatic rings. The summed E-state index contributed by atoms with van der Waals surface area (Å²) in [6.45, 7) is 5.58. The Hall–Kier alpha value is -4.22. The molecule has 1 aliphatic heterocycles. The van der Waals surface area contributed by atoms with E-state index in [0.29, 0.717) is 11.6 Å². The summed E-state index contributed by atoms with van der Waals surface area (Å²) < 4.78 is 111. The number of nitriles is 1. The third-order valence-corrected chi connectivity index (χ3v) is 7.90.